The molecule has 0 radical (unpaired) electrons. The van der Waals surface area contributed by atoms with Crippen molar-refractivity contribution in [3.63, 3.8) is 0 Å². The SMILES string of the molecule is COc1ccc(OC)c(S(=O)(=O)Nc2cc3c(cc2N2CCOCC2)n(C)c(=O)n3C)c1. The Kier molecular flexibility index (Phi) is 5.78. The van der Waals surface area contributed by atoms with E-state index in [1.807, 2.05) is 11.0 Å². The molecule has 0 bridgehead atoms. The maximum Gasteiger partial charge on any atom is 0.328 e. The average Bonchev–Trinajstić information content (AvgIpc) is 3.01. The zero-order valence-corrected chi connectivity index (χ0v) is 19.2. The van der Waals surface area contributed by atoms with E-state index in [1.54, 1.807) is 36.9 Å². The van der Waals surface area contributed by atoms with Crippen molar-refractivity contribution in [1.82, 2.24) is 9.13 Å². The van der Waals surface area contributed by atoms with Gasteiger partial charge in [-0.3, -0.25) is 13.9 Å². The lowest BCUT2D eigenvalue weighted by atomic mass is 10.2. The first-order valence-corrected chi connectivity index (χ1v) is 11.5. The molecule has 32 heavy (non-hydrogen) atoms. The Morgan fingerprint density at radius 1 is 0.969 bits per heavy atom. The summed E-state index contributed by atoms with van der Waals surface area (Å²) in [4.78, 5) is 14.5. The Morgan fingerprint density at radius 3 is 2.25 bits per heavy atom. The number of nitrogens with zero attached hydrogens (tertiary/aromatic N) is 3. The maximum atomic E-state index is 13.4. The van der Waals surface area contributed by atoms with Crippen LogP contribution in [0.4, 0.5) is 11.4 Å². The minimum atomic E-state index is -4.04. The van der Waals surface area contributed by atoms with E-state index in [0.717, 1.165) is 0 Å². The summed E-state index contributed by atoms with van der Waals surface area (Å²) in [6, 6.07) is 8.10. The average molecular weight is 463 g/mol. The Hall–Kier alpha value is -3.18. The summed E-state index contributed by atoms with van der Waals surface area (Å²) in [5, 5.41) is 0. The molecule has 1 N–H and O–H groups in total. The number of benzene rings is 2. The number of rotatable bonds is 6. The smallest absolute Gasteiger partial charge is 0.328 e. The highest BCUT2D eigenvalue weighted by molar-refractivity contribution is 7.92. The van der Waals surface area contributed by atoms with Gasteiger partial charge in [-0.25, -0.2) is 13.2 Å². The molecule has 172 valence electrons. The van der Waals surface area contributed by atoms with E-state index in [2.05, 4.69) is 4.72 Å². The quantitative estimate of drug-likeness (QED) is 0.592. The second kappa shape index (κ2) is 8.40. The Labute approximate surface area is 186 Å². The minimum absolute atomic E-state index is 0.0469. The van der Waals surface area contributed by atoms with E-state index in [-0.39, 0.29) is 16.3 Å². The topological polar surface area (TPSA) is 104 Å². The second-order valence-corrected chi connectivity index (χ2v) is 9.13. The number of hydrogen-bond acceptors (Lipinski definition) is 7. The fourth-order valence-corrected chi connectivity index (χ4v) is 5.13. The number of nitrogens with one attached hydrogen (secondary N) is 1. The number of aromatic nitrogens is 2. The number of imidazole rings is 1. The standard InChI is InChI=1S/C21H26N4O6S/c1-23-17-12-15(22-32(27,28)20-11-14(29-3)5-6-19(20)30-4)16(25-7-9-31-10-8-25)13-18(17)24(2)21(23)26/h5-6,11-13,22H,7-10H2,1-4H3. The number of fused-ring (bicyclic) bond motifs is 1. The fraction of sp³-hybridized carbons (Fsp3) is 0.381. The van der Waals surface area contributed by atoms with Gasteiger partial charge in [0.25, 0.3) is 10.0 Å². The van der Waals surface area contributed by atoms with E-state index >= 15 is 0 Å². The highest BCUT2D eigenvalue weighted by atomic mass is 32.2. The third-order valence-corrected chi connectivity index (χ3v) is 7.03. The molecule has 0 atom stereocenters. The van der Waals surface area contributed by atoms with Crippen molar-refractivity contribution in [2.45, 2.75) is 4.90 Å². The van der Waals surface area contributed by atoms with Gasteiger partial charge < -0.3 is 19.1 Å². The third-order valence-electron chi connectivity index (χ3n) is 5.65. The zero-order chi connectivity index (χ0) is 23.0. The van der Waals surface area contributed by atoms with Crippen LogP contribution in [0.15, 0.2) is 40.0 Å². The molecule has 11 heteroatoms. The molecule has 1 aliphatic heterocycles. The first kappa shape index (κ1) is 22.0. The Morgan fingerprint density at radius 2 is 1.62 bits per heavy atom. The highest BCUT2D eigenvalue weighted by Crippen LogP contribution is 2.35. The summed E-state index contributed by atoms with van der Waals surface area (Å²) in [5.74, 6) is 0.583. The summed E-state index contributed by atoms with van der Waals surface area (Å²) >= 11 is 0. The molecule has 1 saturated heterocycles. The van der Waals surface area contributed by atoms with Crippen molar-refractivity contribution in [3.8, 4) is 11.5 Å². The van der Waals surface area contributed by atoms with Crippen LogP contribution in [0.5, 0.6) is 11.5 Å². The summed E-state index contributed by atoms with van der Waals surface area (Å²) in [6.07, 6.45) is 0. The van der Waals surface area contributed by atoms with Crippen LogP contribution in [0, 0.1) is 0 Å². The number of anilines is 2. The van der Waals surface area contributed by atoms with Gasteiger partial charge in [-0.15, -0.1) is 0 Å². The molecule has 2 aromatic carbocycles. The summed E-state index contributed by atoms with van der Waals surface area (Å²) < 4.78 is 48.5. The van der Waals surface area contributed by atoms with Gasteiger partial charge in [-0.2, -0.15) is 0 Å². The largest absolute Gasteiger partial charge is 0.497 e. The van der Waals surface area contributed by atoms with Gasteiger partial charge in [0.1, 0.15) is 16.4 Å². The molecular formula is C21H26N4O6S. The van der Waals surface area contributed by atoms with Crippen LogP contribution >= 0.6 is 0 Å². The summed E-state index contributed by atoms with van der Waals surface area (Å²) in [6.45, 7) is 2.26. The van der Waals surface area contributed by atoms with Gasteiger partial charge in [0, 0.05) is 33.3 Å². The van der Waals surface area contributed by atoms with Gasteiger partial charge in [0.2, 0.25) is 0 Å². The second-order valence-electron chi connectivity index (χ2n) is 7.48. The van der Waals surface area contributed by atoms with Gasteiger partial charge in [-0.1, -0.05) is 0 Å². The van der Waals surface area contributed by atoms with Crippen molar-refractivity contribution < 1.29 is 22.6 Å². The van der Waals surface area contributed by atoms with Crippen LogP contribution in [0.2, 0.25) is 0 Å². The number of ether oxygens (including phenoxy) is 3. The van der Waals surface area contributed by atoms with Crippen molar-refractivity contribution in [2.24, 2.45) is 14.1 Å². The number of hydrogen-bond donors (Lipinski definition) is 1. The van der Waals surface area contributed by atoms with Gasteiger partial charge in [0.15, 0.2) is 0 Å². The van der Waals surface area contributed by atoms with E-state index in [0.29, 0.717) is 54.5 Å². The number of aryl methyl sites for hydroxylation is 2. The van der Waals surface area contributed by atoms with Crippen LogP contribution in [-0.4, -0.2) is 58.1 Å². The lowest BCUT2D eigenvalue weighted by molar-refractivity contribution is 0.123. The molecule has 0 amide bonds. The van der Waals surface area contributed by atoms with Crippen LogP contribution in [-0.2, 0) is 28.9 Å². The minimum Gasteiger partial charge on any atom is -0.497 e. The number of sulfonamides is 1. The predicted octanol–water partition coefficient (Wildman–Crippen LogP) is 1.53. The molecule has 2 heterocycles. The van der Waals surface area contributed by atoms with Gasteiger partial charge >= 0.3 is 5.69 Å². The van der Waals surface area contributed by atoms with Crippen LogP contribution in [0.3, 0.4) is 0 Å². The number of methoxy groups -OCH3 is 2. The molecular weight excluding hydrogens is 436 g/mol. The van der Waals surface area contributed by atoms with Crippen LogP contribution in [0.1, 0.15) is 0 Å². The van der Waals surface area contributed by atoms with E-state index < -0.39 is 10.0 Å². The van der Waals surface area contributed by atoms with Crippen molar-refractivity contribution in [2.75, 3.05) is 50.1 Å². The monoisotopic (exact) mass is 462 g/mol. The fourth-order valence-electron chi connectivity index (χ4n) is 3.88. The molecule has 0 unspecified atom stereocenters. The van der Waals surface area contributed by atoms with Crippen molar-refractivity contribution in [3.05, 3.63) is 40.8 Å². The van der Waals surface area contributed by atoms with Gasteiger partial charge in [0.05, 0.1) is 49.8 Å². The molecule has 0 spiro atoms. The first-order valence-electron chi connectivity index (χ1n) is 10.0. The molecule has 1 fully saturated rings. The lowest BCUT2D eigenvalue weighted by Crippen LogP contribution is -2.36. The molecule has 1 aromatic heterocycles. The summed E-state index contributed by atoms with van der Waals surface area (Å²) in [7, 11) is 2.18. The van der Waals surface area contributed by atoms with Crippen molar-refractivity contribution in [1.29, 1.82) is 0 Å². The molecule has 4 rings (SSSR count). The zero-order valence-electron chi connectivity index (χ0n) is 18.4. The molecule has 3 aromatic rings. The first-order chi connectivity index (χ1) is 15.3. The van der Waals surface area contributed by atoms with Crippen LogP contribution < -0.4 is 24.8 Å². The van der Waals surface area contributed by atoms with E-state index in [9.17, 15) is 13.2 Å². The molecule has 0 saturated carbocycles. The molecule has 10 nitrogen and oxygen atoms in total. The Balaban J connectivity index is 1.88. The summed E-state index contributed by atoms with van der Waals surface area (Å²) in [5.41, 5.74) is 2.17. The highest BCUT2D eigenvalue weighted by Gasteiger charge is 2.25. The predicted molar refractivity (Wildman–Crippen MR) is 122 cm³/mol. The maximum absolute atomic E-state index is 13.4. The van der Waals surface area contributed by atoms with Gasteiger partial charge in [-0.05, 0) is 24.3 Å². The van der Waals surface area contributed by atoms with Crippen LogP contribution in [0.25, 0.3) is 11.0 Å². The number of morpholine rings is 1. The van der Waals surface area contributed by atoms with E-state index in [1.165, 1.54) is 24.9 Å². The van der Waals surface area contributed by atoms with E-state index in [4.69, 9.17) is 14.2 Å². The van der Waals surface area contributed by atoms with Crippen molar-refractivity contribution >= 4 is 32.4 Å². The molecule has 0 aliphatic carbocycles. The normalized spacial score (nSPS) is 14.6. The lowest BCUT2D eigenvalue weighted by Gasteiger charge is -2.31. The molecule has 1 aliphatic rings. The third kappa shape index (κ3) is 3.78. The Bertz CT molecular complexity index is 1320.